The number of likely N-dealkylation sites (N-methyl/N-ethyl adjacent to an activating group) is 1. The summed E-state index contributed by atoms with van der Waals surface area (Å²) in [5, 5.41) is 0. The van der Waals surface area contributed by atoms with Crippen molar-refractivity contribution in [2.75, 3.05) is 54.4 Å². The van der Waals surface area contributed by atoms with E-state index in [4.69, 9.17) is 4.74 Å². The van der Waals surface area contributed by atoms with E-state index in [0.717, 1.165) is 25.3 Å². The van der Waals surface area contributed by atoms with Gasteiger partial charge in [0.15, 0.2) is 0 Å². The van der Waals surface area contributed by atoms with Gasteiger partial charge in [0.05, 0.1) is 6.54 Å². The van der Waals surface area contributed by atoms with Crippen LogP contribution in [0.5, 0.6) is 0 Å². The van der Waals surface area contributed by atoms with Crippen LogP contribution in [0.25, 0.3) is 0 Å². The Kier molecular flexibility index (Phi) is 6.33. The molecular formula is C14H29N3O. The van der Waals surface area contributed by atoms with Gasteiger partial charge in [-0.2, -0.15) is 0 Å². The summed E-state index contributed by atoms with van der Waals surface area (Å²) in [6.07, 6.45) is 3.80. The standard InChI is InChI=1S/C9H18N2O.C5H11N/c1-5-8-9(10(2)3)11(4)6-7-12-8;1-6-4-2-3-5-6/h5-7H2,1-4H3;2-5H2,1H3. The molecular weight excluding hydrogens is 226 g/mol. The number of hydrogen-bond acceptors (Lipinski definition) is 4. The third-order valence-corrected chi connectivity index (χ3v) is 3.39. The molecule has 4 nitrogen and oxygen atoms in total. The van der Waals surface area contributed by atoms with Crippen molar-refractivity contribution in [2.24, 2.45) is 0 Å². The third-order valence-electron chi connectivity index (χ3n) is 3.39. The van der Waals surface area contributed by atoms with E-state index in [1.54, 1.807) is 0 Å². The zero-order valence-electron chi connectivity index (χ0n) is 12.7. The maximum atomic E-state index is 5.57. The molecule has 0 atom stereocenters. The minimum absolute atomic E-state index is 0.816. The number of hydrogen-bond donors (Lipinski definition) is 0. The highest BCUT2D eigenvalue weighted by atomic mass is 16.5. The molecule has 0 aromatic carbocycles. The number of rotatable bonds is 2. The number of likely N-dealkylation sites (tertiary alicyclic amines) is 1. The normalized spacial score (nSPS) is 20.4. The summed E-state index contributed by atoms with van der Waals surface area (Å²) in [5.74, 6) is 2.32. The second-order valence-corrected chi connectivity index (χ2v) is 5.28. The Labute approximate surface area is 112 Å². The van der Waals surface area contributed by atoms with E-state index >= 15 is 0 Å². The van der Waals surface area contributed by atoms with E-state index in [1.165, 1.54) is 31.8 Å². The molecule has 1 saturated heterocycles. The van der Waals surface area contributed by atoms with Gasteiger partial charge in [0, 0.05) is 27.6 Å². The zero-order valence-corrected chi connectivity index (χ0v) is 12.7. The highest BCUT2D eigenvalue weighted by molar-refractivity contribution is 5.07. The molecule has 18 heavy (non-hydrogen) atoms. The fraction of sp³-hybridized carbons (Fsp3) is 0.857. The van der Waals surface area contributed by atoms with Crippen molar-refractivity contribution in [3.8, 4) is 0 Å². The average Bonchev–Trinajstić information content (AvgIpc) is 2.80. The predicted octanol–water partition coefficient (Wildman–Crippen LogP) is 1.80. The maximum Gasteiger partial charge on any atom is 0.142 e. The predicted molar refractivity (Wildman–Crippen MR) is 76.3 cm³/mol. The van der Waals surface area contributed by atoms with Crippen molar-refractivity contribution >= 4 is 0 Å². The van der Waals surface area contributed by atoms with Crippen molar-refractivity contribution in [1.82, 2.24) is 14.7 Å². The highest BCUT2D eigenvalue weighted by Gasteiger charge is 2.18. The largest absolute Gasteiger partial charge is 0.492 e. The van der Waals surface area contributed by atoms with Gasteiger partial charge in [-0.05, 0) is 33.0 Å². The van der Waals surface area contributed by atoms with Crippen molar-refractivity contribution in [2.45, 2.75) is 26.2 Å². The van der Waals surface area contributed by atoms with E-state index in [1.807, 2.05) is 0 Å². The summed E-state index contributed by atoms with van der Waals surface area (Å²) in [6, 6.07) is 0. The molecule has 0 saturated carbocycles. The summed E-state index contributed by atoms with van der Waals surface area (Å²) in [7, 11) is 8.38. The molecule has 106 valence electrons. The first-order chi connectivity index (χ1) is 8.56. The van der Waals surface area contributed by atoms with Crippen LogP contribution in [0, 0.1) is 0 Å². The summed E-state index contributed by atoms with van der Waals surface area (Å²) in [6.45, 7) is 6.56. The van der Waals surface area contributed by atoms with Gasteiger partial charge in [-0.3, -0.25) is 0 Å². The summed E-state index contributed by atoms with van der Waals surface area (Å²) < 4.78 is 5.57. The van der Waals surface area contributed by atoms with Crippen molar-refractivity contribution in [1.29, 1.82) is 0 Å². The summed E-state index contributed by atoms with van der Waals surface area (Å²) in [4.78, 5) is 6.71. The minimum atomic E-state index is 0.816. The first-order valence-corrected chi connectivity index (χ1v) is 6.99. The lowest BCUT2D eigenvalue weighted by atomic mass is 10.3. The smallest absolute Gasteiger partial charge is 0.142 e. The molecule has 1 fully saturated rings. The van der Waals surface area contributed by atoms with Crippen LogP contribution >= 0.6 is 0 Å². The fourth-order valence-corrected chi connectivity index (χ4v) is 2.42. The summed E-state index contributed by atoms with van der Waals surface area (Å²) >= 11 is 0. The second-order valence-electron chi connectivity index (χ2n) is 5.28. The van der Waals surface area contributed by atoms with Crippen molar-refractivity contribution in [3.63, 3.8) is 0 Å². The van der Waals surface area contributed by atoms with Gasteiger partial charge in [-0.1, -0.05) is 6.92 Å². The lowest BCUT2D eigenvalue weighted by molar-refractivity contribution is 0.108. The third kappa shape index (κ3) is 4.41. The molecule has 0 aromatic rings. The number of ether oxygens (including phenoxy) is 1. The lowest BCUT2D eigenvalue weighted by Gasteiger charge is -2.34. The maximum absolute atomic E-state index is 5.57. The van der Waals surface area contributed by atoms with Crippen LogP contribution in [0.1, 0.15) is 26.2 Å². The van der Waals surface area contributed by atoms with Gasteiger partial charge in [-0.25, -0.2) is 0 Å². The quantitative estimate of drug-likeness (QED) is 0.749. The molecule has 0 amide bonds. The molecule has 2 aliphatic rings. The molecule has 0 N–H and O–H groups in total. The second kappa shape index (κ2) is 7.52. The Morgan fingerprint density at radius 1 is 1.11 bits per heavy atom. The van der Waals surface area contributed by atoms with Gasteiger partial charge in [0.25, 0.3) is 0 Å². The van der Waals surface area contributed by atoms with Gasteiger partial charge in [0.2, 0.25) is 0 Å². The van der Waals surface area contributed by atoms with Crippen LogP contribution in [0.3, 0.4) is 0 Å². The Morgan fingerprint density at radius 2 is 1.72 bits per heavy atom. The van der Waals surface area contributed by atoms with Gasteiger partial charge >= 0.3 is 0 Å². The summed E-state index contributed by atoms with van der Waals surface area (Å²) in [5.41, 5.74) is 0. The Balaban J connectivity index is 0.000000225. The van der Waals surface area contributed by atoms with Crippen LogP contribution in [0.2, 0.25) is 0 Å². The van der Waals surface area contributed by atoms with Gasteiger partial charge in [-0.15, -0.1) is 0 Å². The molecule has 2 rings (SSSR count). The van der Waals surface area contributed by atoms with Gasteiger partial charge < -0.3 is 19.4 Å². The van der Waals surface area contributed by atoms with Crippen LogP contribution < -0.4 is 0 Å². The SMILES string of the molecule is CCC1=C(N(C)C)N(C)CCO1.CN1CCCC1. The molecule has 0 aliphatic carbocycles. The van der Waals surface area contributed by atoms with Crippen LogP contribution in [0.4, 0.5) is 0 Å². The van der Waals surface area contributed by atoms with Crippen LogP contribution in [-0.2, 0) is 4.74 Å². The molecule has 0 aromatic heterocycles. The van der Waals surface area contributed by atoms with Crippen molar-refractivity contribution in [3.05, 3.63) is 11.6 Å². The number of allylic oxidation sites excluding steroid dienone is 1. The minimum Gasteiger partial charge on any atom is -0.492 e. The van der Waals surface area contributed by atoms with E-state index in [0.29, 0.717) is 0 Å². The lowest BCUT2D eigenvalue weighted by Crippen LogP contribution is -2.36. The van der Waals surface area contributed by atoms with E-state index in [9.17, 15) is 0 Å². The van der Waals surface area contributed by atoms with E-state index in [2.05, 4.69) is 49.8 Å². The topological polar surface area (TPSA) is 19.0 Å². The molecule has 0 unspecified atom stereocenters. The Bertz CT molecular complexity index is 270. The first kappa shape index (κ1) is 15.2. The van der Waals surface area contributed by atoms with Crippen molar-refractivity contribution < 1.29 is 4.74 Å². The number of nitrogens with zero attached hydrogens (tertiary/aromatic N) is 3. The molecule has 0 spiro atoms. The first-order valence-electron chi connectivity index (χ1n) is 6.99. The van der Waals surface area contributed by atoms with Crippen LogP contribution in [-0.4, -0.2) is 69.1 Å². The molecule has 4 heteroatoms. The highest BCUT2D eigenvalue weighted by Crippen LogP contribution is 2.19. The molecule has 0 radical (unpaired) electrons. The monoisotopic (exact) mass is 255 g/mol. The van der Waals surface area contributed by atoms with E-state index in [-0.39, 0.29) is 0 Å². The van der Waals surface area contributed by atoms with Crippen LogP contribution in [0.15, 0.2) is 11.6 Å². The Morgan fingerprint density at radius 3 is 2.06 bits per heavy atom. The molecule has 2 aliphatic heterocycles. The molecule has 0 bridgehead atoms. The fourth-order valence-electron chi connectivity index (χ4n) is 2.42. The zero-order chi connectivity index (χ0) is 13.5. The van der Waals surface area contributed by atoms with E-state index < -0.39 is 0 Å². The Hall–Kier alpha value is -0.900. The van der Waals surface area contributed by atoms with Gasteiger partial charge in [0.1, 0.15) is 18.2 Å². The average molecular weight is 255 g/mol. The molecule has 2 heterocycles.